The second-order valence-corrected chi connectivity index (χ2v) is 9.60. The maximum atomic E-state index is 12.8. The maximum absolute atomic E-state index is 12.8. The zero-order chi connectivity index (χ0) is 23.5. The monoisotopic (exact) mass is 471 g/mol. The minimum absolute atomic E-state index is 0.0830. The molecule has 3 aromatic rings. The fourth-order valence-electron chi connectivity index (χ4n) is 4.57. The molecule has 6 heteroatoms. The number of nitrogens with zero attached hydrogens (tertiary/aromatic N) is 1. The first kappa shape index (κ1) is 22.4. The topological polar surface area (TPSA) is 63.7 Å². The summed E-state index contributed by atoms with van der Waals surface area (Å²) in [6, 6.07) is 21.0. The Morgan fingerprint density at radius 1 is 0.853 bits per heavy atom. The summed E-state index contributed by atoms with van der Waals surface area (Å²) >= 11 is 1.33. The molecule has 1 aliphatic heterocycles. The van der Waals surface area contributed by atoms with Gasteiger partial charge >= 0.3 is 5.97 Å². The Morgan fingerprint density at radius 3 is 2.44 bits per heavy atom. The Balaban J connectivity index is 1.21. The summed E-state index contributed by atoms with van der Waals surface area (Å²) in [5.74, 6) is -0.430. The lowest BCUT2D eigenvalue weighted by Gasteiger charge is -2.15. The highest BCUT2D eigenvalue weighted by Gasteiger charge is 2.22. The summed E-state index contributed by atoms with van der Waals surface area (Å²) in [6.45, 7) is 1.29. The number of ketones is 1. The molecule has 5 rings (SSSR count). The minimum Gasteiger partial charge on any atom is -0.454 e. The van der Waals surface area contributed by atoms with Gasteiger partial charge in [-0.05, 0) is 59.7 Å². The Hall–Kier alpha value is -3.38. The standard InChI is InChI=1S/C28H25NO4S/c30-25(20-11-12-23-21(16-20)15-19-7-1-2-8-22(19)23)17-33-28(32)24-9-3-4-10-26(24)34-18-27(31)29-13-5-6-14-29/h1-4,7-12,16H,5-6,13-15,17-18H2. The van der Waals surface area contributed by atoms with Gasteiger partial charge in [-0.25, -0.2) is 4.79 Å². The normalized spacial score (nSPS) is 13.9. The van der Waals surface area contributed by atoms with E-state index >= 15 is 0 Å². The summed E-state index contributed by atoms with van der Waals surface area (Å²) in [5, 5.41) is 0. The van der Waals surface area contributed by atoms with Gasteiger partial charge in [0.2, 0.25) is 5.91 Å². The number of Topliss-reactive ketones (excluding diaryl/α,β-unsaturated/α-hetero) is 1. The highest BCUT2D eigenvalue weighted by molar-refractivity contribution is 8.00. The van der Waals surface area contributed by atoms with E-state index in [1.165, 1.54) is 22.9 Å². The molecular weight excluding hydrogens is 446 g/mol. The number of rotatable bonds is 7. The summed E-state index contributed by atoms with van der Waals surface area (Å²) in [7, 11) is 0. The third-order valence-corrected chi connectivity index (χ3v) is 7.43. The van der Waals surface area contributed by atoms with Crippen LogP contribution >= 0.6 is 11.8 Å². The third kappa shape index (κ3) is 4.64. The van der Waals surface area contributed by atoms with Crippen molar-refractivity contribution in [3.63, 3.8) is 0 Å². The van der Waals surface area contributed by atoms with Gasteiger partial charge in [-0.3, -0.25) is 9.59 Å². The van der Waals surface area contributed by atoms with Gasteiger partial charge < -0.3 is 9.64 Å². The molecule has 172 valence electrons. The number of hydrogen-bond donors (Lipinski definition) is 0. The number of esters is 1. The van der Waals surface area contributed by atoms with E-state index < -0.39 is 5.97 Å². The van der Waals surface area contributed by atoms with Crippen molar-refractivity contribution in [3.05, 3.63) is 89.0 Å². The number of benzene rings is 3. The number of thioether (sulfide) groups is 1. The molecule has 0 unspecified atom stereocenters. The van der Waals surface area contributed by atoms with Crippen molar-refractivity contribution in [1.29, 1.82) is 0 Å². The number of hydrogen-bond acceptors (Lipinski definition) is 5. The first-order valence-electron chi connectivity index (χ1n) is 11.5. The van der Waals surface area contributed by atoms with Crippen molar-refractivity contribution in [3.8, 4) is 11.1 Å². The Morgan fingerprint density at radius 2 is 1.59 bits per heavy atom. The lowest BCUT2D eigenvalue weighted by molar-refractivity contribution is -0.127. The second-order valence-electron chi connectivity index (χ2n) is 8.58. The first-order chi connectivity index (χ1) is 16.6. The Kier molecular flexibility index (Phi) is 6.50. The average Bonchev–Trinajstić information content (AvgIpc) is 3.53. The number of carbonyl (C=O) groups excluding carboxylic acids is 3. The quantitative estimate of drug-likeness (QED) is 0.215. The van der Waals surface area contributed by atoms with E-state index in [0.29, 0.717) is 16.0 Å². The van der Waals surface area contributed by atoms with Gasteiger partial charge in [0, 0.05) is 23.5 Å². The molecule has 1 fully saturated rings. The summed E-state index contributed by atoms with van der Waals surface area (Å²) in [5.41, 5.74) is 5.64. The molecule has 3 aromatic carbocycles. The summed E-state index contributed by atoms with van der Waals surface area (Å²) in [6.07, 6.45) is 2.89. The van der Waals surface area contributed by atoms with E-state index in [4.69, 9.17) is 4.74 Å². The van der Waals surface area contributed by atoms with E-state index in [1.54, 1.807) is 24.3 Å². The highest BCUT2D eigenvalue weighted by Crippen LogP contribution is 2.36. The molecule has 1 aliphatic carbocycles. The maximum Gasteiger partial charge on any atom is 0.339 e. The number of likely N-dealkylation sites (tertiary alicyclic amines) is 1. The fourth-order valence-corrected chi connectivity index (χ4v) is 5.51. The van der Waals surface area contributed by atoms with Crippen molar-refractivity contribution >= 4 is 29.4 Å². The van der Waals surface area contributed by atoms with Gasteiger partial charge in [-0.15, -0.1) is 11.8 Å². The van der Waals surface area contributed by atoms with Gasteiger partial charge in [-0.1, -0.05) is 48.5 Å². The van der Waals surface area contributed by atoms with E-state index in [-0.39, 0.29) is 24.1 Å². The van der Waals surface area contributed by atoms with Crippen LogP contribution in [0.25, 0.3) is 11.1 Å². The van der Waals surface area contributed by atoms with Crippen LogP contribution in [0.2, 0.25) is 0 Å². The lowest BCUT2D eigenvalue weighted by atomic mass is 10.0. The fraction of sp³-hybridized carbons (Fsp3) is 0.250. The van der Waals surface area contributed by atoms with Crippen LogP contribution in [0.5, 0.6) is 0 Å². The van der Waals surface area contributed by atoms with Crippen molar-refractivity contribution in [2.75, 3.05) is 25.4 Å². The zero-order valence-corrected chi connectivity index (χ0v) is 19.6. The van der Waals surface area contributed by atoms with Gasteiger partial charge in [0.25, 0.3) is 0 Å². The molecule has 5 nitrogen and oxygen atoms in total. The molecule has 0 bridgehead atoms. The van der Waals surface area contributed by atoms with Gasteiger partial charge in [0.1, 0.15) is 0 Å². The van der Waals surface area contributed by atoms with Crippen LogP contribution in [-0.2, 0) is 16.0 Å². The van der Waals surface area contributed by atoms with E-state index in [1.807, 2.05) is 35.2 Å². The number of fused-ring (bicyclic) bond motifs is 3. The highest BCUT2D eigenvalue weighted by atomic mass is 32.2. The molecule has 1 saturated heterocycles. The number of amides is 1. The molecule has 1 amide bonds. The van der Waals surface area contributed by atoms with Crippen molar-refractivity contribution in [2.24, 2.45) is 0 Å². The number of ether oxygens (including phenoxy) is 1. The van der Waals surface area contributed by atoms with Crippen LogP contribution in [0, 0.1) is 0 Å². The molecule has 0 spiro atoms. The molecule has 0 saturated carbocycles. The molecule has 0 aromatic heterocycles. The molecule has 0 radical (unpaired) electrons. The van der Waals surface area contributed by atoms with Crippen molar-refractivity contribution in [2.45, 2.75) is 24.2 Å². The zero-order valence-electron chi connectivity index (χ0n) is 18.8. The molecule has 2 aliphatic rings. The SMILES string of the molecule is O=C(COC(=O)c1ccccc1SCC(=O)N1CCCC1)c1ccc2c(c1)Cc1ccccc1-2. The minimum atomic E-state index is -0.557. The average molecular weight is 472 g/mol. The Bertz CT molecular complexity index is 1260. The van der Waals surface area contributed by atoms with Crippen molar-refractivity contribution < 1.29 is 19.1 Å². The second kappa shape index (κ2) is 9.85. The van der Waals surface area contributed by atoms with Crippen LogP contribution in [0.4, 0.5) is 0 Å². The van der Waals surface area contributed by atoms with Gasteiger partial charge in [0.05, 0.1) is 11.3 Å². The van der Waals surface area contributed by atoms with E-state index in [2.05, 4.69) is 12.1 Å². The number of carbonyl (C=O) groups is 3. The van der Waals surface area contributed by atoms with Crippen LogP contribution < -0.4 is 0 Å². The summed E-state index contributed by atoms with van der Waals surface area (Å²) < 4.78 is 5.38. The van der Waals surface area contributed by atoms with Crippen LogP contribution in [0.1, 0.15) is 44.7 Å². The summed E-state index contributed by atoms with van der Waals surface area (Å²) in [4.78, 5) is 40.4. The lowest BCUT2D eigenvalue weighted by Crippen LogP contribution is -2.29. The molecular formula is C28H25NO4S. The molecule has 1 heterocycles. The third-order valence-electron chi connectivity index (χ3n) is 6.37. The molecule has 0 N–H and O–H groups in total. The predicted octanol–water partition coefficient (Wildman–Crippen LogP) is 5.01. The predicted molar refractivity (Wildman–Crippen MR) is 132 cm³/mol. The van der Waals surface area contributed by atoms with E-state index in [9.17, 15) is 14.4 Å². The molecule has 0 atom stereocenters. The van der Waals surface area contributed by atoms with Crippen LogP contribution in [0.15, 0.2) is 71.6 Å². The van der Waals surface area contributed by atoms with Crippen LogP contribution in [0.3, 0.4) is 0 Å². The van der Waals surface area contributed by atoms with Gasteiger partial charge in [0.15, 0.2) is 12.4 Å². The van der Waals surface area contributed by atoms with E-state index in [0.717, 1.165) is 43.5 Å². The van der Waals surface area contributed by atoms with Crippen molar-refractivity contribution in [1.82, 2.24) is 4.90 Å². The smallest absolute Gasteiger partial charge is 0.339 e. The molecule has 34 heavy (non-hydrogen) atoms. The largest absolute Gasteiger partial charge is 0.454 e. The van der Waals surface area contributed by atoms with Crippen LogP contribution in [-0.4, -0.2) is 48.0 Å². The van der Waals surface area contributed by atoms with Gasteiger partial charge in [-0.2, -0.15) is 0 Å². The first-order valence-corrected chi connectivity index (χ1v) is 12.5. The Labute approximate surface area is 203 Å².